The maximum absolute atomic E-state index is 12.4. The van der Waals surface area contributed by atoms with Gasteiger partial charge in [0.15, 0.2) is 0 Å². The van der Waals surface area contributed by atoms with Crippen molar-refractivity contribution in [2.45, 2.75) is 26.4 Å². The number of nitro groups is 1. The van der Waals surface area contributed by atoms with E-state index >= 15 is 0 Å². The Kier molecular flexibility index (Phi) is 6.11. The first-order chi connectivity index (χ1) is 12.3. The van der Waals surface area contributed by atoms with Gasteiger partial charge in [0.2, 0.25) is 5.91 Å². The molecule has 1 amide bonds. The second-order valence-electron chi connectivity index (χ2n) is 6.19. The van der Waals surface area contributed by atoms with Crippen molar-refractivity contribution in [1.29, 1.82) is 0 Å². The van der Waals surface area contributed by atoms with Gasteiger partial charge in [-0.2, -0.15) is 0 Å². The molecule has 2 rings (SSSR count). The predicted molar refractivity (Wildman–Crippen MR) is 96.1 cm³/mol. The highest BCUT2D eigenvalue weighted by atomic mass is 16.6. The van der Waals surface area contributed by atoms with Crippen molar-refractivity contribution in [2.24, 2.45) is 5.92 Å². The van der Waals surface area contributed by atoms with Crippen LogP contribution < -0.4 is 15.5 Å². The van der Waals surface area contributed by atoms with Crippen LogP contribution in [0, 0.1) is 16.0 Å². The van der Waals surface area contributed by atoms with Crippen molar-refractivity contribution in [2.75, 3.05) is 7.11 Å². The van der Waals surface area contributed by atoms with Crippen LogP contribution in [0.4, 0.5) is 5.69 Å². The van der Waals surface area contributed by atoms with Crippen LogP contribution in [-0.4, -0.2) is 22.5 Å². The SMILES string of the molecule is COc1ccc([C@H](NC(=O)Cn2ccc(=O)c([N+](=O)[O-])c2)C(C)C)cc1. The van der Waals surface area contributed by atoms with E-state index in [1.54, 1.807) is 7.11 Å². The molecule has 0 saturated heterocycles. The second-order valence-corrected chi connectivity index (χ2v) is 6.19. The highest BCUT2D eigenvalue weighted by Gasteiger charge is 2.19. The predicted octanol–water partition coefficient (Wildman–Crippen LogP) is 2.28. The van der Waals surface area contributed by atoms with Crippen LogP contribution in [0.5, 0.6) is 5.75 Å². The quantitative estimate of drug-likeness (QED) is 0.603. The fourth-order valence-electron chi connectivity index (χ4n) is 2.58. The van der Waals surface area contributed by atoms with E-state index in [0.717, 1.165) is 23.6 Å². The van der Waals surface area contributed by atoms with Gasteiger partial charge in [0.1, 0.15) is 12.3 Å². The lowest BCUT2D eigenvalue weighted by Gasteiger charge is -2.23. The standard InChI is InChI=1S/C18H21N3O5/c1-12(2)18(13-4-6-14(26-3)7-5-13)19-17(23)11-20-9-8-16(22)15(10-20)21(24)25/h4-10,12,18H,11H2,1-3H3,(H,19,23)/t18-/m1/s1. The van der Waals surface area contributed by atoms with Crippen molar-refractivity contribution < 1.29 is 14.5 Å². The molecule has 26 heavy (non-hydrogen) atoms. The smallest absolute Gasteiger partial charge is 0.332 e. The Balaban J connectivity index is 2.14. The minimum atomic E-state index is -0.759. The number of pyridine rings is 1. The first-order valence-electron chi connectivity index (χ1n) is 8.09. The zero-order valence-corrected chi connectivity index (χ0v) is 14.8. The molecular weight excluding hydrogens is 338 g/mol. The zero-order valence-electron chi connectivity index (χ0n) is 14.8. The molecule has 0 radical (unpaired) electrons. The van der Waals surface area contributed by atoms with Gasteiger partial charge in [0.25, 0.3) is 5.43 Å². The third-order valence-electron chi connectivity index (χ3n) is 3.94. The van der Waals surface area contributed by atoms with E-state index in [-0.39, 0.29) is 24.4 Å². The summed E-state index contributed by atoms with van der Waals surface area (Å²) in [5, 5.41) is 13.8. The number of aromatic nitrogens is 1. The van der Waals surface area contributed by atoms with Crippen LogP contribution in [0.15, 0.2) is 47.5 Å². The minimum absolute atomic E-state index is 0.125. The van der Waals surface area contributed by atoms with E-state index in [0.29, 0.717) is 0 Å². The number of hydrogen-bond acceptors (Lipinski definition) is 5. The van der Waals surface area contributed by atoms with Crippen molar-refractivity contribution in [3.05, 3.63) is 68.6 Å². The fraction of sp³-hybridized carbons (Fsp3) is 0.333. The van der Waals surface area contributed by atoms with Crippen LogP contribution in [0.2, 0.25) is 0 Å². The van der Waals surface area contributed by atoms with Crippen LogP contribution in [0.1, 0.15) is 25.5 Å². The molecule has 0 saturated carbocycles. The van der Waals surface area contributed by atoms with Gasteiger partial charge in [-0.1, -0.05) is 26.0 Å². The average Bonchev–Trinajstić information content (AvgIpc) is 2.61. The van der Waals surface area contributed by atoms with Crippen molar-refractivity contribution in [3.8, 4) is 5.75 Å². The molecule has 1 heterocycles. The summed E-state index contributed by atoms with van der Waals surface area (Å²) in [6.07, 6.45) is 2.42. The van der Waals surface area contributed by atoms with E-state index in [1.807, 2.05) is 38.1 Å². The van der Waals surface area contributed by atoms with E-state index in [9.17, 15) is 19.7 Å². The molecule has 2 aromatic rings. The molecule has 1 N–H and O–H groups in total. The largest absolute Gasteiger partial charge is 0.497 e. The summed E-state index contributed by atoms with van der Waals surface area (Å²) in [4.78, 5) is 33.9. The van der Waals surface area contributed by atoms with Crippen molar-refractivity contribution in [3.63, 3.8) is 0 Å². The van der Waals surface area contributed by atoms with Crippen molar-refractivity contribution >= 4 is 11.6 Å². The molecule has 0 spiro atoms. The molecule has 8 heteroatoms. The highest BCUT2D eigenvalue weighted by Crippen LogP contribution is 2.23. The lowest BCUT2D eigenvalue weighted by molar-refractivity contribution is -0.386. The molecule has 8 nitrogen and oxygen atoms in total. The highest BCUT2D eigenvalue weighted by molar-refractivity contribution is 5.76. The van der Waals surface area contributed by atoms with E-state index in [4.69, 9.17) is 4.74 Å². The van der Waals surface area contributed by atoms with Gasteiger partial charge in [0, 0.05) is 12.3 Å². The first-order valence-corrected chi connectivity index (χ1v) is 8.09. The Bertz CT molecular complexity index is 843. The van der Waals surface area contributed by atoms with Crippen LogP contribution >= 0.6 is 0 Å². The van der Waals surface area contributed by atoms with Crippen LogP contribution in [0.25, 0.3) is 0 Å². The number of ether oxygens (including phenoxy) is 1. The molecule has 0 unspecified atom stereocenters. The lowest BCUT2D eigenvalue weighted by atomic mass is 9.96. The van der Waals surface area contributed by atoms with E-state index in [2.05, 4.69) is 5.32 Å². The number of nitrogens with one attached hydrogen (secondary N) is 1. The molecule has 0 aliphatic rings. The Labute approximate surface area is 150 Å². The molecule has 138 valence electrons. The summed E-state index contributed by atoms with van der Waals surface area (Å²) in [5.74, 6) is 0.552. The van der Waals surface area contributed by atoms with Gasteiger partial charge in [0.05, 0.1) is 24.3 Å². The van der Waals surface area contributed by atoms with E-state index in [1.165, 1.54) is 10.8 Å². The summed E-state index contributed by atoms with van der Waals surface area (Å²) in [6.45, 7) is 3.85. The topological polar surface area (TPSA) is 103 Å². The third-order valence-corrected chi connectivity index (χ3v) is 3.94. The lowest BCUT2D eigenvalue weighted by Crippen LogP contribution is -2.34. The molecule has 0 aliphatic heterocycles. The zero-order chi connectivity index (χ0) is 19.3. The van der Waals surface area contributed by atoms with Gasteiger partial charge >= 0.3 is 5.69 Å². The Morgan fingerprint density at radius 3 is 2.46 bits per heavy atom. The van der Waals surface area contributed by atoms with Gasteiger partial charge in [-0.05, 0) is 23.6 Å². The number of carbonyl (C=O) groups is 1. The molecule has 0 fully saturated rings. The minimum Gasteiger partial charge on any atom is -0.497 e. The average molecular weight is 359 g/mol. The Hall–Kier alpha value is -3.16. The molecule has 0 bridgehead atoms. The maximum Gasteiger partial charge on any atom is 0.332 e. The van der Waals surface area contributed by atoms with E-state index < -0.39 is 16.0 Å². The summed E-state index contributed by atoms with van der Waals surface area (Å²) >= 11 is 0. The van der Waals surface area contributed by atoms with Gasteiger partial charge < -0.3 is 14.6 Å². The molecule has 1 aromatic heterocycles. The Morgan fingerprint density at radius 2 is 1.92 bits per heavy atom. The summed E-state index contributed by atoms with van der Waals surface area (Å²) in [6, 6.07) is 8.27. The fourth-order valence-corrected chi connectivity index (χ4v) is 2.58. The summed E-state index contributed by atoms with van der Waals surface area (Å²) in [5.41, 5.74) is -0.319. The first kappa shape index (κ1) is 19.2. The van der Waals surface area contributed by atoms with Crippen molar-refractivity contribution in [1.82, 2.24) is 9.88 Å². The summed E-state index contributed by atoms with van der Waals surface area (Å²) in [7, 11) is 1.58. The van der Waals surface area contributed by atoms with Crippen LogP contribution in [-0.2, 0) is 11.3 Å². The van der Waals surface area contributed by atoms with Gasteiger partial charge in [-0.3, -0.25) is 19.7 Å². The molecular formula is C18H21N3O5. The second kappa shape index (κ2) is 8.28. The normalized spacial score (nSPS) is 11.8. The third kappa shape index (κ3) is 4.69. The number of benzene rings is 1. The van der Waals surface area contributed by atoms with Gasteiger partial charge in [-0.25, -0.2) is 0 Å². The Morgan fingerprint density at radius 1 is 1.27 bits per heavy atom. The molecule has 1 aromatic carbocycles. The van der Waals surface area contributed by atoms with Gasteiger partial charge in [-0.15, -0.1) is 0 Å². The number of rotatable bonds is 7. The monoisotopic (exact) mass is 359 g/mol. The molecule has 1 atom stereocenters. The number of hydrogen-bond donors (Lipinski definition) is 1. The summed E-state index contributed by atoms with van der Waals surface area (Å²) < 4.78 is 6.46. The number of nitrogens with zero attached hydrogens (tertiary/aromatic N) is 2. The maximum atomic E-state index is 12.4. The molecule has 0 aliphatic carbocycles. The van der Waals surface area contributed by atoms with Crippen LogP contribution in [0.3, 0.4) is 0 Å². The number of amides is 1. The number of methoxy groups -OCH3 is 1. The number of carbonyl (C=O) groups excluding carboxylic acids is 1.